The number of ether oxygens (including phenoxy) is 2. The van der Waals surface area contributed by atoms with Crippen molar-refractivity contribution in [1.82, 2.24) is 0 Å². The van der Waals surface area contributed by atoms with E-state index in [-0.39, 0.29) is 6.10 Å². The van der Waals surface area contributed by atoms with Gasteiger partial charge in [0.15, 0.2) is 0 Å². The average Bonchev–Trinajstić information content (AvgIpc) is 2.26. The predicted molar refractivity (Wildman–Crippen MR) is 55.9 cm³/mol. The van der Waals surface area contributed by atoms with Crippen LogP contribution < -0.4 is 5.73 Å². The number of hydrogen-bond donors (Lipinski definition) is 1. The van der Waals surface area contributed by atoms with Gasteiger partial charge in [0.2, 0.25) is 0 Å². The highest BCUT2D eigenvalue weighted by Gasteiger charge is 2.03. The minimum atomic E-state index is -0.00119. The summed E-state index contributed by atoms with van der Waals surface area (Å²) in [6.07, 6.45) is -0.00119. The van der Waals surface area contributed by atoms with Crippen molar-refractivity contribution in [2.45, 2.75) is 12.7 Å². The van der Waals surface area contributed by atoms with Crippen LogP contribution >= 0.6 is 0 Å². The number of methoxy groups -OCH3 is 1. The van der Waals surface area contributed by atoms with Crippen molar-refractivity contribution in [2.24, 2.45) is 5.73 Å². The highest BCUT2D eigenvalue weighted by atomic mass is 16.5. The fourth-order valence-electron chi connectivity index (χ4n) is 1.11. The Morgan fingerprint density at radius 2 is 2.00 bits per heavy atom. The molecule has 1 unspecified atom stereocenters. The lowest BCUT2D eigenvalue weighted by Crippen LogP contribution is -2.27. The molecule has 0 bridgehead atoms. The van der Waals surface area contributed by atoms with Crippen LogP contribution in [-0.4, -0.2) is 26.4 Å². The van der Waals surface area contributed by atoms with Crippen molar-refractivity contribution in [3.05, 3.63) is 35.9 Å². The first-order valence-electron chi connectivity index (χ1n) is 4.71. The zero-order valence-corrected chi connectivity index (χ0v) is 8.48. The van der Waals surface area contributed by atoms with E-state index in [0.29, 0.717) is 19.8 Å². The Balaban J connectivity index is 2.21. The summed E-state index contributed by atoms with van der Waals surface area (Å²) in [7, 11) is 1.64. The molecule has 0 aromatic heterocycles. The predicted octanol–water partition coefficient (Wildman–Crippen LogP) is 1.18. The van der Waals surface area contributed by atoms with Gasteiger partial charge in [0.25, 0.3) is 0 Å². The van der Waals surface area contributed by atoms with Crippen LogP contribution in [0.15, 0.2) is 30.3 Å². The molecular formula is C11H17NO2. The van der Waals surface area contributed by atoms with Crippen LogP contribution in [0.4, 0.5) is 0 Å². The molecule has 2 N–H and O–H groups in total. The van der Waals surface area contributed by atoms with E-state index in [4.69, 9.17) is 15.2 Å². The Hall–Kier alpha value is -0.900. The van der Waals surface area contributed by atoms with Crippen LogP contribution in [0.5, 0.6) is 0 Å². The van der Waals surface area contributed by atoms with Crippen LogP contribution in [-0.2, 0) is 16.1 Å². The van der Waals surface area contributed by atoms with E-state index in [2.05, 4.69) is 0 Å². The second-order valence-electron chi connectivity index (χ2n) is 3.09. The molecule has 0 radical (unpaired) electrons. The summed E-state index contributed by atoms with van der Waals surface area (Å²) in [5.41, 5.74) is 6.62. The Bertz CT molecular complexity index is 234. The first kappa shape index (κ1) is 11.2. The van der Waals surface area contributed by atoms with Crippen molar-refractivity contribution < 1.29 is 9.47 Å². The van der Waals surface area contributed by atoms with E-state index < -0.39 is 0 Å². The van der Waals surface area contributed by atoms with E-state index in [9.17, 15) is 0 Å². The molecule has 0 spiro atoms. The van der Waals surface area contributed by atoms with Crippen molar-refractivity contribution in [3.8, 4) is 0 Å². The largest absolute Gasteiger partial charge is 0.378 e. The lowest BCUT2D eigenvalue weighted by atomic mass is 10.2. The zero-order valence-electron chi connectivity index (χ0n) is 8.48. The number of benzene rings is 1. The molecule has 3 nitrogen and oxygen atoms in total. The van der Waals surface area contributed by atoms with Gasteiger partial charge in [-0.25, -0.2) is 0 Å². The van der Waals surface area contributed by atoms with E-state index in [0.717, 1.165) is 0 Å². The van der Waals surface area contributed by atoms with Gasteiger partial charge in [-0.15, -0.1) is 0 Å². The van der Waals surface area contributed by atoms with Crippen molar-refractivity contribution in [2.75, 3.05) is 20.3 Å². The van der Waals surface area contributed by atoms with Gasteiger partial charge < -0.3 is 15.2 Å². The Morgan fingerprint density at radius 1 is 1.29 bits per heavy atom. The smallest absolute Gasteiger partial charge is 0.0926 e. The summed E-state index contributed by atoms with van der Waals surface area (Å²) in [5, 5.41) is 0. The maximum Gasteiger partial charge on any atom is 0.0926 e. The summed E-state index contributed by atoms with van der Waals surface area (Å²) in [5.74, 6) is 0. The molecule has 0 fully saturated rings. The quantitative estimate of drug-likeness (QED) is 0.741. The van der Waals surface area contributed by atoms with Crippen LogP contribution in [0.3, 0.4) is 0 Å². The van der Waals surface area contributed by atoms with E-state index in [1.54, 1.807) is 7.11 Å². The van der Waals surface area contributed by atoms with Crippen LogP contribution in [0.1, 0.15) is 5.56 Å². The second kappa shape index (κ2) is 6.54. The molecule has 1 aromatic carbocycles. The normalized spacial score (nSPS) is 12.7. The van der Waals surface area contributed by atoms with Gasteiger partial charge >= 0.3 is 0 Å². The molecule has 14 heavy (non-hydrogen) atoms. The van der Waals surface area contributed by atoms with Crippen molar-refractivity contribution in [1.29, 1.82) is 0 Å². The van der Waals surface area contributed by atoms with Crippen molar-refractivity contribution >= 4 is 0 Å². The number of rotatable bonds is 6. The molecule has 3 heteroatoms. The number of hydrogen-bond acceptors (Lipinski definition) is 3. The first-order chi connectivity index (χ1) is 6.86. The highest BCUT2D eigenvalue weighted by Crippen LogP contribution is 2.01. The van der Waals surface area contributed by atoms with E-state index in [1.165, 1.54) is 5.56 Å². The lowest BCUT2D eigenvalue weighted by molar-refractivity contribution is 0.00688. The molecule has 0 aliphatic carbocycles. The molecule has 1 aromatic rings. The van der Waals surface area contributed by atoms with Gasteiger partial charge in [-0.2, -0.15) is 0 Å². The third-order valence-corrected chi connectivity index (χ3v) is 2.01. The summed E-state index contributed by atoms with van der Waals surface area (Å²) >= 11 is 0. The molecule has 0 amide bonds. The van der Waals surface area contributed by atoms with Gasteiger partial charge in [-0.05, 0) is 5.56 Å². The molecule has 0 heterocycles. The molecule has 0 saturated heterocycles. The molecule has 78 valence electrons. The molecule has 0 aliphatic heterocycles. The third kappa shape index (κ3) is 3.87. The van der Waals surface area contributed by atoms with Gasteiger partial charge in [0.1, 0.15) is 0 Å². The fraction of sp³-hybridized carbons (Fsp3) is 0.455. The number of nitrogens with two attached hydrogens (primary N) is 1. The monoisotopic (exact) mass is 195 g/mol. The molecule has 1 atom stereocenters. The Kier molecular flexibility index (Phi) is 5.22. The SMILES string of the molecule is COC(CN)COCc1ccccc1. The molecule has 1 rings (SSSR count). The Morgan fingerprint density at radius 3 is 2.57 bits per heavy atom. The summed E-state index contributed by atoms with van der Waals surface area (Å²) in [6.45, 7) is 1.65. The average molecular weight is 195 g/mol. The summed E-state index contributed by atoms with van der Waals surface area (Å²) in [4.78, 5) is 0. The maximum atomic E-state index is 5.46. The lowest BCUT2D eigenvalue weighted by Gasteiger charge is -2.12. The molecule has 0 aliphatic rings. The molecule has 0 saturated carbocycles. The van der Waals surface area contributed by atoms with Gasteiger partial charge in [-0.1, -0.05) is 30.3 Å². The van der Waals surface area contributed by atoms with Crippen molar-refractivity contribution in [3.63, 3.8) is 0 Å². The van der Waals surface area contributed by atoms with Crippen LogP contribution in [0.2, 0.25) is 0 Å². The standard InChI is InChI=1S/C11H17NO2/c1-13-11(7-12)9-14-8-10-5-3-2-4-6-10/h2-6,11H,7-9,12H2,1H3. The van der Waals surface area contributed by atoms with Gasteiger partial charge in [0, 0.05) is 13.7 Å². The van der Waals surface area contributed by atoms with Crippen LogP contribution in [0, 0.1) is 0 Å². The van der Waals surface area contributed by atoms with Gasteiger partial charge in [-0.3, -0.25) is 0 Å². The minimum Gasteiger partial charge on any atom is -0.378 e. The maximum absolute atomic E-state index is 5.46. The fourth-order valence-corrected chi connectivity index (χ4v) is 1.11. The summed E-state index contributed by atoms with van der Waals surface area (Å²) < 4.78 is 10.5. The van der Waals surface area contributed by atoms with E-state index >= 15 is 0 Å². The topological polar surface area (TPSA) is 44.5 Å². The second-order valence-corrected chi connectivity index (χ2v) is 3.09. The minimum absolute atomic E-state index is 0.00119. The third-order valence-electron chi connectivity index (χ3n) is 2.01. The highest BCUT2D eigenvalue weighted by molar-refractivity contribution is 5.13. The zero-order chi connectivity index (χ0) is 10.2. The van der Waals surface area contributed by atoms with E-state index in [1.807, 2.05) is 30.3 Å². The molecular weight excluding hydrogens is 178 g/mol. The first-order valence-corrected chi connectivity index (χ1v) is 4.71. The Labute approximate surface area is 84.8 Å². The van der Waals surface area contributed by atoms with Crippen LogP contribution in [0.25, 0.3) is 0 Å². The van der Waals surface area contributed by atoms with Gasteiger partial charge in [0.05, 0.1) is 19.3 Å². The summed E-state index contributed by atoms with van der Waals surface area (Å²) in [6, 6.07) is 10.0.